The van der Waals surface area contributed by atoms with Crippen molar-refractivity contribution in [2.45, 2.75) is 52.1 Å². The van der Waals surface area contributed by atoms with Crippen molar-refractivity contribution in [2.24, 2.45) is 5.41 Å². The van der Waals surface area contributed by atoms with E-state index in [0.29, 0.717) is 32.6 Å². The second-order valence-corrected chi connectivity index (χ2v) is 8.28. The maximum absolute atomic E-state index is 12.3. The fraction of sp³-hybridized carbons (Fsp3) is 0.737. The summed E-state index contributed by atoms with van der Waals surface area (Å²) >= 11 is 0. The minimum atomic E-state index is -0.483. The van der Waals surface area contributed by atoms with Crippen molar-refractivity contribution in [3.63, 3.8) is 0 Å². The van der Waals surface area contributed by atoms with Crippen LogP contribution in [0.15, 0.2) is 12.7 Å². The summed E-state index contributed by atoms with van der Waals surface area (Å²) in [5.41, 5.74) is -0.381. The number of ether oxygens (including phenoxy) is 1. The minimum Gasteiger partial charge on any atom is -0.444 e. The topological polar surface area (TPSA) is 79.0 Å². The van der Waals surface area contributed by atoms with Crippen LogP contribution < -0.4 is 5.32 Å². The average Bonchev–Trinajstić information content (AvgIpc) is 2.97. The maximum atomic E-state index is 12.3. The normalized spacial score (nSPS) is 19.3. The molecule has 0 aromatic carbocycles. The van der Waals surface area contributed by atoms with Gasteiger partial charge in [0, 0.05) is 39.1 Å². The van der Waals surface area contributed by atoms with E-state index in [2.05, 4.69) is 11.9 Å². The molecule has 0 radical (unpaired) electrons. The average molecular weight is 365 g/mol. The lowest BCUT2D eigenvalue weighted by atomic mass is 9.77. The van der Waals surface area contributed by atoms with E-state index in [-0.39, 0.29) is 23.3 Å². The lowest BCUT2D eigenvalue weighted by Gasteiger charge is -2.39. The van der Waals surface area contributed by atoms with E-state index < -0.39 is 5.60 Å². The van der Waals surface area contributed by atoms with Gasteiger partial charge >= 0.3 is 6.09 Å². The zero-order valence-electron chi connectivity index (χ0n) is 16.2. The molecule has 26 heavy (non-hydrogen) atoms. The molecule has 7 nitrogen and oxygen atoms in total. The van der Waals surface area contributed by atoms with Gasteiger partial charge in [-0.2, -0.15) is 0 Å². The molecule has 0 aliphatic carbocycles. The summed E-state index contributed by atoms with van der Waals surface area (Å²) in [6, 6.07) is 0. The first-order valence-electron chi connectivity index (χ1n) is 9.30. The van der Waals surface area contributed by atoms with Gasteiger partial charge in [-0.1, -0.05) is 6.58 Å². The smallest absolute Gasteiger partial charge is 0.410 e. The highest BCUT2D eigenvalue weighted by atomic mass is 16.6. The predicted octanol–water partition coefficient (Wildman–Crippen LogP) is 1.93. The van der Waals surface area contributed by atoms with E-state index in [1.807, 2.05) is 25.7 Å². The molecule has 0 bridgehead atoms. The molecule has 0 saturated carbocycles. The predicted molar refractivity (Wildman–Crippen MR) is 98.5 cm³/mol. The first-order chi connectivity index (χ1) is 12.1. The van der Waals surface area contributed by atoms with Gasteiger partial charge in [-0.25, -0.2) is 4.79 Å². The van der Waals surface area contributed by atoms with Crippen LogP contribution in [0.2, 0.25) is 0 Å². The van der Waals surface area contributed by atoms with Crippen LogP contribution in [-0.4, -0.2) is 66.0 Å². The van der Waals surface area contributed by atoms with Gasteiger partial charge in [0.05, 0.1) is 0 Å². The van der Waals surface area contributed by atoms with Crippen LogP contribution in [0, 0.1) is 5.41 Å². The number of amides is 3. The Labute approximate surface area is 155 Å². The van der Waals surface area contributed by atoms with E-state index in [0.717, 1.165) is 25.8 Å². The molecule has 146 valence electrons. The fourth-order valence-electron chi connectivity index (χ4n) is 3.58. The Morgan fingerprint density at radius 1 is 1.12 bits per heavy atom. The quantitative estimate of drug-likeness (QED) is 0.772. The highest BCUT2D eigenvalue weighted by Crippen LogP contribution is 2.40. The first-order valence-corrected chi connectivity index (χ1v) is 9.30. The van der Waals surface area contributed by atoms with Crippen LogP contribution >= 0.6 is 0 Å². The van der Waals surface area contributed by atoms with Crippen LogP contribution in [0.25, 0.3) is 0 Å². The fourth-order valence-corrected chi connectivity index (χ4v) is 3.58. The molecule has 2 rings (SSSR count). The van der Waals surface area contributed by atoms with Gasteiger partial charge in [-0.15, -0.1) is 0 Å². The third kappa shape index (κ3) is 5.47. The Morgan fingerprint density at radius 3 is 2.23 bits per heavy atom. The van der Waals surface area contributed by atoms with Crippen LogP contribution in [-0.2, 0) is 14.3 Å². The Hall–Kier alpha value is -2.05. The van der Waals surface area contributed by atoms with Gasteiger partial charge < -0.3 is 19.9 Å². The van der Waals surface area contributed by atoms with Gasteiger partial charge in [0.2, 0.25) is 11.8 Å². The van der Waals surface area contributed by atoms with E-state index in [1.54, 1.807) is 4.90 Å². The molecule has 0 aromatic rings. The monoisotopic (exact) mass is 365 g/mol. The van der Waals surface area contributed by atoms with Gasteiger partial charge in [-0.3, -0.25) is 9.59 Å². The summed E-state index contributed by atoms with van der Waals surface area (Å²) in [6.07, 6.45) is 4.02. The van der Waals surface area contributed by atoms with Crippen molar-refractivity contribution in [1.29, 1.82) is 0 Å². The van der Waals surface area contributed by atoms with Crippen LogP contribution in [0.3, 0.4) is 0 Å². The van der Waals surface area contributed by atoms with Crippen molar-refractivity contribution in [2.75, 3.05) is 32.7 Å². The first kappa shape index (κ1) is 20.3. The summed E-state index contributed by atoms with van der Waals surface area (Å²) in [5, 5.41) is 2.63. The van der Waals surface area contributed by atoms with Crippen molar-refractivity contribution in [3.05, 3.63) is 12.7 Å². The zero-order valence-corrected chi connectivity index (χ0v) is 16.2. The summed E-state index contributed by atoms with van der Waals surface area (Å²) in [5.74, 6) is -0.199. The standard InChI is InChI=1S/C19H31N3O4/c1-5-15(23)20-10-6-16(24)21-11-7-19(8-12-21)9-13-22(14-19)17(25)26-18(2,3)4/h5H,1,6-14H2,2-4H3,(H,20,23). The summed E-state index contributed by atoms with van der Waals surface area (Å²) in [7, 11) is 0. The molecule has 0 aromatic heterocycles. The minimum absolute atomic E-state index is 0.0613. The Balaban J connectivity index is 1.77. The largest absolute Gasteiger partial charge is 0.444 e. The second-order valence-electron chi connectivity index (χ2n) is 8.28. The number of likely N-dealkylation sites (tertiary alicyclic amines) is 2. The molecular weight excluding hydrogens is 334 g/mol. The number of carbonyl (C=O) groups is 3. The molecule has 2 saturated heterocycles. The summed E-state index contributed by atoms with van der Waals surface area (Å²) in [6.45, 7) is 12.2. The Bertz CT molecular complexity index is 560. The molecule has 0 unspecified atom stereocenters. The highest BCUT2D eigenvalue weighted by Gasteiger charge is 2.43. The van der Waals surface area contributed by atoms with Crippen LogP contribution in [0.5, 0.6) is 0 Å². The third-order valence-corrected chi connectivity index (χ3v) is 5.09. The van der Waals surface area contributed by atoms with Crippen molar-refractivity contribution < 1.29 is 19.1 Å². The highest BCUT2D eigenvalue weighted by molar-refractivity contribution is 5.87. The molecule has 3 amide bonds. The van der Waals surface area contributed by atoms with E-state index in [1.165, 1.54) is 6.08 Å². The molecule has 2 aliphatic rings. The van der Waals surface area contributed by atoms with Crippen molar-refractivity contribution in [1.82, 2.24) is 15.1 Å². The maximum Gasteiger partial charge on any atom is 0.410 e. The SMILES string of the molecule is C=CC(=O)NCCC(=O)N1CCC2(CC1)CCN(C(=O)OC(C)(C)C)C2. The molecular formula is C19H31N3O4. The van der Waals surface area contributed by atoms with E-state index in [9.17, 15) is 14.4 Å². The van der Waals surface area contributed by atoms with Gasteiger partial charge in [0.15, 0.2) is 0 Å². The van der Waals surface area contributed by atoms with E-state index >= 15 is 0 Å². The lowest BCUT2D eigenvalue weighted by molar-refractivity contribution is -0.133. The van der Waals surface area contributed by atoms with E-state index in [4.69, 9.17) is 4.74 Å². The number of piperidine rings is 1. The number of hydrogen-bond acceptors (Lipinski definition) is 4. The van der Waals surface area contributed by atoms with Crippen molar-refractivity contribution in [3.8, 4) is 0 Å². The lowest BCUT2D eigenvalue weighted by Crippen LogP contribution is -2.45. The summed E-state index contributed by atoms with van der Waals surface area (Å²) in [4.78, 5) is 39.3. The van der Waals surface area contributed by atoms with Gasteiger partial charge in [0.25, 0.3) is 0 Å². The van der Waals surface area contributed by atoms with Crippen LogP contribution in [0.4, 0.5) is 4.79 Å². The number of hydrogen-bond donors (Lipinski definition) is 1. The number of carbonyl (C=O) groups excluding carboxylic acids is 3. The van der Waals surface area contributed by atoms with Gasteiger partial charge in [-0.05, 0) is 51.5 Å². The Morgan fingerprint density at radius 2 is 1.69 bits per heavy atom. The number of nitrogens with zero attached hydrogens (tertiary/aromatic N) is 2. The third-order valence-electron chi connectivity index (χ3n) is 5.09. The van der Waals surface area contributed by atoms with Crippen molar-refractivity contribution >= 4 is 17.9 Å². The molecule has 2 heterocycles. The summed E-state index contributed by atoms with van der Waals surface area (Å²) < 4.78 is 5.47. The molecule has 2 aliphatic heterocycles. The Kier molecular flexibility index (Phi) is 6.31. The van der Waals surface area contributed by atoms with Crippen LogP contribution in [0.1, 0.15) is 46.5 Å². The molecule has 7 heteroatoms. The second kappa shape index (κ2) is 8.10. The number of nitrogens with one attached hydrogen (secondary N) is 1. The molecule has 2 fully saturated rings. The molecule has 1 spiro atoms. The molecule has 1 N–H and O–H groups in total. The zero-order chi connectivity index (χ0) is 19.4. The molecule has 0 atom stereocenters. The number of rotatable bonds is 4. The van der Waals surface area contributed by atoms with Gasteiger partial charge in [0.1, 0.15) is 5.60 Å².